The Hall–Kier alpha value is -1.62. The lowest BCUT2D eigenvalue weighted by Gasteiger charge is -2.06. The predicted octanol–water partition coefficient (Wildman–Crippen LogP) is 3.33. The van der Waals surface area contributed by atoms with Gasteiger partial charge in [0.25, 0.3) is 0 Å². The molecular weight excluding hydrogens is 248 g/mol. The highest BCUT2D eigenvalue weighted by Crippen LogP contribution is 2.21. The van der Waals surface area contributed by atoms with Gasteiger partial charge in [-0.25, -0.2) is 9.78 Å². The zero-order valence-corrected chi connectivity index (χ0v) is 11.0. The number of nitrogens with zero attached hydrogens (tertiary/aromatic N) is 1. The van der Waals surface area contributed by atoms with Crippen LogP contribution in [0.1, 0.15) is 25.3 Å². The Balaban J connectivity index is 1.90. The first-order chi connectivity index (χ1) is 8.81. The zero-order chi connectivity index (χ0) is 12.8. The third kappa shape index (κ3) is 3.20. The number of nitrogens with one attached hydrogen (secondary N) is 1. The topological polar surface area (TPSA) is 51.2 Å². The zero-order valence-electron chi connectivity index (χ0n) is 10.2. The van der Waals surface area contributed by atoms with Gasteiger partial charge >= 0.3 is 6.09 Å². The number of rotatable bonds is 5. The SMILES string of the molecule is CCCCOC(=O)N[CH]c1cccc2scnc12. The molecule has 4 nitrogen and oxygen atoms in total. The van der Waals surface area contributed by atoms with E-state index in [9.17, 15) is 4.79 Å². The Morgan fingerprint density at radius 1 is 1.56 bits per heavy atom. The van der Waals surface area contributed by atoms with Crippen LogP contribution in [-0.2, 0) is 4.74 Å². The molecule has 1 aromatic carbocycles. The molecule has 1 amide bonds. The predicted molar refractivity (Wildman–Crippen MR) is 72.4 cm³/mol. The average molecular weight is 263 g/mol. The minimum absolute atomic E-state index is 0.421. The highest BCUT2D eigenvalue weighted by molar-refractivity contribution is 7.16. The molecule has 0 aliphatic carbocycles. The number of hydrogen-bond donors (Lipinski definition) is 1. The van der Waals surface area contributed by atoms with Gasteiger partial charge in [-0.15, -0.1) is 11.3 Å². The molecule has 0 aliphatic rings. The number of thiazole rings is 1. The molecule has 5 heteroatoms. The number of carbonyl (C=O) groups is 1. The first-order valence-corrected chi connectivity index (χ1v) is 6.78. The van der Waals surface area contributed by atoms with Crippen molar-refractivity contribution in [2.75, 3.05) is 6.61 Å². The minimum Gasteiger partial charge on any atom is -0.450 e. The van der Waals surface area contributed by atoms with Gasteiger partial charge in [0.05, 0.1) is 28.9 Å². The minimum atomic E-state index is -0.421. The Kier molecular flexibility index (Phi) is 4.52. The van der Waals surface area contributed by atoms with Gasteiger partial charge in [-0.3, -0.25) is 0 Å². The Labute approximate surface area is 110 Å². The number of fused-ring (bicyclic) bond motifs is 1. The molecule has 2 aromatic rings. The molecule has 0 aliphatic heterocycles. The first-order valence-electron chi connectivity index (χ1n) is 5.90. The molecular formula is C13H15N2O2S. The van der Waals surface area contributed by atoms with Crippen LogP contribution in [0.15, 0.2) is 23.7 Å². The summed E-state index contributed by atoms with van der Waals surface area (Å²) in [5.74, 6) is 0. The molecule has 1 heterocycles. The lowest BCUT2D eigenvalue weighted by atomic mass is 10.2. The maximum absolute atomic E-state index is 11.4. The number of unbranched alkanes of at least 4 members (excludes halogenated alkanes) is 1. The van der Waals surface area contributed by atoms with Crippen LogP contribution in [0.2, 0.25) is 0 Å². The molecule has 18 heavy (non-hydrogen) atoms. The van der Waals surface area contributed by atoms with Crippen LogP contribution in [0.4, 0.5) is 4.79 Å². The summed E-state index contributed by atoms with van der Waals surface area (Å²) < 4.78 is 6.10. The van der Waals surface area contributed by atoms with Crippen molar-refractivity contribution in [1.29, 1.82) is 0 Å². The van der Waals surface area contributed by atoms with E-state index in [0.29, 0.717) is 6.61 Å². The molecule has 1 N–H and O–H groups in total. The van der Waals surface area contributed by atoms with Crippen molar-refractivity contribution >= 4 is 27.6 Å². The van der Waals surface area contributed by atoms with Crippen molar-refractivity contribution in [2.45, 2.75) is 19.8 Å². The second kappa shape index (κ2) is 6.35. The van der Waals surface area contributed by atoms with Crippen molar-refractivity contribution in [1.82, 2.24) is 10.3 Å². The lowest BCUT2D eigenvalue weighted by molar-refractivity contribution is 0.147. The number of benzene rings is 1. The Bertz CT molecular complexity index is 524. The van der Waals surface area contributed by atoms with Gasteiger partial charge < -0.3 is 10.1 Å². The van der Waals surface area contributed by atoms with Gasteiger partial charge in [-0.05, 0) is 12.5 Å². The van der Waals surface area contributed by atoms with Crippen molar-refractivity contribution in [2.24, 2.45) is 0 Å². The maximum atomic E-state index is 11.4. The van der Waals surface area contributed by atoms with E-state index in [-0.39, 0.29) is 0 Å². The number of para-hydroxylation sites is 1. The second-order valence-corrected chi connectivity index (χ2v) is 4.71. The number of hydrogen-bond acceptors (Lipinski definition) is 4. The number of ether oxygens (including phenoxy) is 1. The van der Waals surface area contributed by atoms with Gasteiger partial charge in [-0.1, -0.05) is 25.5 Å². The fourth-order valence-electron chi connectivity index (χ4n) is 1.51. The summed E-state index contributed by atoms with van der Waals surface area (Å²) in [5, 5.41) is 2.62. The molecule has 95 valence electrons. The van der Waals surface area contributed by atoms with E-state index in [1.807, 2.05) is 18.2 Å². The van der Waals surface area contributed by atoms with Crippen LogP contribution in [0.3, 0.4) is 0 Å². The van der Waals surface area contributed by atoms with E-state index < -0.39 is 6.09 Å². The summed E-state index contributed by atoms with van der Waals surface area (Å²) in [7, 11) is 0. The van der Waals surface area contributed by atoms with Crippen LogP contribution in [-0.4, -0.2) is 17.7 Å². The van der Waals surface area contributed by atoms with Gasteiger partial charge in [0.2, 0.25) is 0 Å². The average Bonchev–Trinajstić information content (AvgIpc) is 2.85. The second-order valence-electron chi connectivity index (χ2n) is 3.82. The fraction of sp³-hybridized carbons (Fsp3) is 0.308. The number of amides is 1. The molecule has 0 atom stereocenters. The van der Waals surface area contributed by atoms with E-state index in [1.165, 1.54) is 0 Å². The Morgan fingerprint density at radius 3 is 3.28 bits per heavy atom. The summed E-state index contributed by atoms with van der Waals surface area (Å²) in [6.07, 6.45) is 1.47. The summed E-state index contributed by atoms with van der Waals surface area (Å²) in [6, 6.07) is 5.86. The van der Waals surface area contributed by atoms with Gasteiger partial charge in [-0.2, -0.15) is 0 Å². The van der Waals surface area contributed by atoms with Crippen LogP contribution in [0, 0.1) is 6.54 Å². The molecule has 1 radical (unpaired) electrons. The van der Waals surface area contributed by atoms with E-state index in [0.717, 1.165) is 28.6 Å². The summed E-state index contributed by atoms with van der Waals surface area (Å²) in [4.78, 5) is 15.7. The molecule has 0 bridgehead atoms. The first kappa shape index (κ1) is 12.8. The van der Waals surface area contributed by atoms with Crippen molar-refractivity contribution < 1.29 is 9.53 Å². The van der Waals surface area contributed by atoms with Crippen LogP contribution in [0.25, 0.3) is 10.2 Å². The van der Waals surface area contributed by atoms with E-state index in [2.05, 4.69) is 17.2 Å². The van der Waals surface area contributed by atoms with Crippen LogP contribution < -0.4 is 5.32 Å². The van der Waals surface area contributed by atoms with Crippen LogP contribution in [0.5, 0.6) is 0 Å². The quantitative estimate of drug-likeness (QED) is 0.842. The lowest BCUT2D eigenvalue weighted by Crippen LogP contribution is -2.22. The third-order valence-electron chi connectivity index (χ3n) is 2.47. The summed E-state index contributed by atoms with van der Waals surface area (Å²) >= 11 is 1.58. The van der Waals surface area contributed by atoms with Gasteiger partial charge in [0.15, 0.2) is 0 Å². The standard InChI is InChI=1S/C13H15N2O2S/c1-2-3-7-17-13(16)14-8-10-5-4-6-11-12(10)15-9-18-11/h4-6,8-9H,2-3,7H2,1H3,(H,14,16). The van der Waals surface area contributed by atoms with E-state index in [4.69, 9.17) is 4.74 Å². The number of alkyl carbamates (subject to hydrolysis) is 1. The highest BCUT2D eigenvalue weighted by atomic mass is 32.1. The molecule has 1 aromatic heterocycles. The molecule has 0 saturated carbocycles. The molecule has 0 unspecified atom stereocenters. The van der Waals surface area contributed by atoms with Gasteiger partial charge in [0, 0.05) is 5.56 Å². The smallest absolute Gasteiger partial charge is 0.407 e. The van der Waals surface area contributed by atoms with Crippen molar-refractivity contribution in [3.63, 3.8) is 0 Å². The highest BCUT2D eigenvalue weighted by Gasteiger charge is 2.06. The van der Waals surface area contributed by atoms with Crippen molar-refractivity contribution in [3.8, 4) is 0 Å². The maximum Gasteiger partial charge on any atom is 0.407 e. The van der Waals surface area contributed by atoms with E-state index >= 15 is 0 Å². The fourth-order valence-corrected chi connectivity index (χ4v) is 2.22. The molecule has 0 fully saturated rings. The molecule has 2 rings (SSSR count). The largest absolute Gasteiger partial charge is 0.450 e. The number of carbonyl (C=O) groups excluding carboxylic acids is 1. The molecule has 0 spiro atoms. The monoisotopic (exact) mass is 263 g/mol. The molecule has 0 saturated heterocycles. The number of aromatic nitrogens is 1. The summed E-state index contributed by atoms with van der Waals surface area (Å²) in [5.41, 5.74) is 3.58. The normalized spacial score (nSPS) is 10.5. The van der Waals surface area contributed by atoms with Gasteiger partial charge in [0.1, 0.15) is 0 Å². The van der Waals surface area contributed by atoms with Crippen LogP contribution >= 0.6 is 11.3 Å². The summed E-state index contributed by atoms with van der Waals surface area (Å²) in [6.45, 7) is 4.14. The Morgan fingerprint density at radius 2 is 2.44 bits per heavy atom. The van der Waals surface area contributed by atoms with Crippen molar-refractivity contribution in [3.05, 3.63) is 35.8 Å². The third-order valence-corrected chi connectivity index (χ3v) is 3.26. The van der Waals surface area contributed by atoms with E-state index in [1.54, 1.807) is 23.4 Å².